The Morgan fingerprint density at radius 1 is 1.27 bits per heavy atom. The Balaban J connectivity index is 1.62. The summed E-state index contributed by atoms with van der Waals surface area (Å²) in [4.78, 5) is 9.96. The van der Waals surface area contributed by atoms with Gasteiger partial charge in [-0.05, 0) is 24.1 Å². The Morgan fingerprint density at radius 3 is 2.77 bits per heavy atom. The van der Waals surface area contributed by atoms with E-state index in [1.807, 2.05) is 29.2 Å². The van der Waals surface area contributed by atoms with Crippen LogP contribution in [0.4, 0.5) is 4.39 Å². The van der Waals surface area contributed by atoms with Crippen LogP contribution in [0.3, 0.4) is 0 Å². The van der Waals surface area contributed by atoms with Crippen molar-refractivity contribution < 1.29 is 14.2 Å². The van der Waals surface area contributed by atoms with Crippen LogP contribution in [0.1, 0.15) is 12.0 Å². The molecule has 0 aliphatic carbocycles. The fraction of sp³-hybridized carbons (Fsp3) is 0.375. The molecule has 2 heterocycles. The predicted octanol–water partition coefficient (Wildman–Crippen LogP) is 2.17. The summed E-state index contributed by atoms with van der Waals surface area (Å²) in [5, 5.41) is 9.30. The van der Waals surface area contributed by atoms with Crippen LogP contribution in [0, 0.1) is 0 Å². The molecule has 5 nitrogen and oxygen atoms in total. The zero-order chi connectivity index (χ0) is 15.4. The highest BCUT2D eigenvalue weighted by atomic mass is 19.1. The number of hydrogen-bond donors (Lipinski definition) is 1. The van der Waals surface area contributed by atoms with E-state index < -0.39 is 6.17 Å². The first-order valence-corrected chi connectivity index (χ1v) is 7.26. The standard InChI is InChI=1S/C16H18FN3O2/c17-13-7-14(11-21)20(10-13)9-12-1-3-15(4-2-12)22-16-8-18-5-6-19-16/h1-6,8,13-14,21H,7,9-11H2/t13-,14-/m0/s1. The fourth-order valence-corrected chi connectivity index (χ4v) is 2.66. The molecule has 2 aromatic rings. The van der Waals surface area contributed by atoms with E-state index in [2.05, 4.69) is 9.97 Å². The van der Waals surface area contributed by atoms with E-state index in [4.69, 9.17) is 4.74 Å². The van der Waals surface area contributed by atoms with Crippen LogP contribution >= 0.6 is 0 Å². The molecule has 0 amide bonds. The van der Waals surface area contributed by atoms with E-state index in [1.54, 1.807) is 18.6 Å². The van der Waals surface area contributed by atoms with E-state index >= 15 is 0 Å². The third kappa shape index (κ3) is 3.58. The Labute approximate surface area is 128 Å². The van der Waals surface area contributed by atoms with Crippen molar-refractivity contribution in [1.29, 1.82) is 0 Å². The second-order valence-corrected chi connectivity index (χ2v) is 5.39. The number of benzene rings is 1. The molecular formula is C16H18FN3O2. The molecule has 0 spiro atoms. The van der Waals surface area contributed by atoms with Gasteiger partial charge in [-0.15, -0.1) is 0 Å². The van der Waals surface area contributed by atoms with Gasteiger partial charge in [-0.1, -0.05) is 12.1 Å². The monoisotopic (exact) mass is 303 g/mol. The van der Waals surface area contributed by atoms with Gasteiger partial charge in [0, 0.05) is 31.5 Å². The van der Waals surface area contributed by atoms with Crippen molar-refractivity contribution in [3.63, 3.8) is 0 Å². The maximum Gasteiger partial charge on any atom is 0.237 e. The second kappa shape index (κ2) is 6.81. The van der Waals surface area contributed by atoms with Gasteiger partial charge < -0.3 is 9.84 Å². The Hall–Kier alpha value is -2.05. The first-order chi connectivity index (χ1) is 10.7. The fourth-order valence-electron chi connectivity index (χ4n) is 2.66. The summed E-state index contributed by atoms with van der Waals surface area (Å²) < 4.78 is 19.0. The maximum atomic E-state index is 13.4. The zero-order valence-electron chi connectivity index (χ0n) is 12.1. The number of likely N-dealkylation sites (tertiary alicyclic amines) is 1. The summed E-state index contributed by atoms with van der Waals surface area (Å²) in [7, 11) is 0. The number of alkyl halides is 1. The van der Waals surface area contributed by atoms with Crippen molar-refractivity contribution in [1.82, 2.24) is 14.9 Å². The van der Waals surface area contributed by atoms with E-state index in [1.165, 1.54) is 0 Å². The van der Waals surface area contributed by atoms with Crippen LogP contribution in [0.2, 0.25) is 0 Å². The third-order valence-electron chi connectivity index (χ3n) is 3.76. The Morgan fingerprint density at radius 2 is 2.09 bits per heavy atom. The highest BCUT2D eigenvalue weighted by Crippen LogP contribution is 2.24. The van der Waals surface area contributed by atoms with Gasteiger partial charge in [0.2, 0.25) is 5.88 Å². The van der Waals surface area contributed by atoms with Gasteiger partial charge in [0.05, 0.1) is 12.8 Å². The van der Waals surface area contributed by atoms with Crippen LogP contribution in [0.5, 0.6) is 11.6 Å². The molecular weight excluding hydrogens is 285 g/mol. The molecule has 116 valence electrons. The average Bonchev–Trinajstić information content (AvgIpc) is 2.90. The SMILES string of the molecule is OC[C@@H]1C[C@H](F)CN1Cc1ccc(Oc2cnccn2)cc1. The first-order valence-electron chi connectivity index (χ1n) is 7.26. The molecule has 0 saturated carbocycles. The Bertz CT molecular complexity index is 594. The molecule has 0 radical (unpaired) electrons. The molecule has 3 rings (SSSR count). The smallest absolute Gasteiger partial charge is 0.237 e. The van der Waals surface area contributed by atoms with Crippen LogP contribution in [0.15, 0.2) is 42.9 Å². The number of ether oxygens (including phenoxy) is 1. The molecule has 0 bridgehead atoms. The summed E-state index contributed by atoms with van der Waals surface area (Å²) in [6.45, 7) is 0.994. The minimum atomic E-state index is -0.851. The lowest BCUT2D eigenvalue weighted by Gasteiger charge is -2.22. The minimum Gasteiger partial charge on any atom is -0.438 e. The summed E-state index contributed by atoms with van der Waals surface area (Å²) in [5.41, 5.74) is 1.05. The normalized spacial score (nSPS) is 21.9. The largest absolute Gasteiger partial charge is 0.438 e. The molecule has 22 heavy (non-hydrogen) atoms. The van der Waals surface area contributed by atoms with Crippen molar-refractivity contribution in [2.75, 3.05) is 13.2 Å². The second-order valence-electron chi connectivity index (χ2n) is 5.39. The number of rotatable bonds is 5. The topological polar surface area (TPSA) is 58.5 Å². The van der Waals surface area contributed by atoms with Gasteiger partial charge in [-0.3, -0.25) is 9.88 Å². The third-order valence-corrected chi connectivity index (χ3v) is 3.76. The van der Waals surface area contributed by atoms with Crippen molar-refractivity contribution in [2.45, 2.75) is 25.2 Å². The van der Waals surface area contributed by atoms with Crippen molar-refractivity contribution in [3.8, 4) is 11.6 Å². The predicted molar refractivity (Wildman–Crippen MR) is 79.3 cm³/mol. The average molecular weight is 303 g/mol. The number of aliphatic hydroxyl groups is 1. The van der Waals surface area contributed by atoms with E-state index in [-0.39, 0.29) is 12.6 Å². The number of nitrogens with zero attached hydrogens (tertiary/aromatic N) is 3. The lowest BCUT2D eigenvalue weighted by Crippen LogP contribution is -2.31. The molecule has 1 aliphatic heterocycles. The van der Waals surface area contributed by atoms with Crippen LogP contribution < -0.4 is 4.74 Å². The van der Waals surface area contributed by atoms with Gasteiger partial charge in [-0.2, -0.15) is 0 Å². The number of aliphatic hydroxyl groups excluding tert-OH is 1. The first kappa shape index (κ1) is 14.9. The van der Waals surface area contributed by atoms with Gasteiger partial charge in [0.25, 0.3) is 0 Å². The molecule has 1 aromatic heterocycles. The lowest BCUT2D eigenvalue weighted by molar-refractivity contribution is 0.153. The molecule has 1 aliphatic rings. The maximum absolute atomic E-state index is 13.4. The van der Waals surface area contributed by atoms with Crippen LogP contribution in [-0.4, -0.2) is 45.3 Å². The number of aromatic nitrogens is 2. The van der Waals surface area contributed by atoms with Gasteiger partial charge in [0.15, 0.2) is 0 Å². The van der Waals surface area contributed by atoms with E-state index in [9.17, 15) is 9.50 Å². The van der Waals surface area contributed by atoms with Crippen LogP contribution in [0.25, 0.3) is 0 Å². The molecule has 6 heteroatoms. The van der Waals surface area contributed by atoms with E-state index in [0.717, 1.165) is 5.56 Å². The van der Waals surface area contributed by atoms with Gasteiger partial charge >= 0.3 is 0 Å². The molecule has 1 saturated heterocycles. The molecule has 1 fully saturated rings. The summed E-state index contributed by atoms with van der Waals surface area (Å²) >= 11 is 0. The molecule has 1 aromatic carbocycles. The molecule has 1 N–H and O–H groups in total. The quantitative estimate of drug-likeness (QED) is 0.917. The van der Waals surface area contributed by atoms with Crippen molar-refractivity contribution in [2.24, 2.45) is 0 Å². The zero-order valence-corrected chi connectivity index (χ0v) is 12.1. The summed E-state index contributed by atoms with van der Waals surface area (Å²) in [5.74, 6) is 1.11. The van der Waals surface area contributed by atoms with Gasteiger partial charge in [0.1, 0.15) is 11.9 Å². The Kier molecular flexibility index (Phi) is 4.60. The van der Waals surface area contributed by atoms with Crippen LogP contribution in [-0.2, 0) is 6.54 Å². The number of hydrogen-bond acceptors (Lipinski definition) is 5. The van der Waals surface area contributed by atoms with Gasteiger partial charge in [-0.25, -0.2) is 9.37 Å². The van der Waals surface area contributed by atoms with Crippen molar-refractivity contribution in [3.05, 3.63) is 48.4 Å². The minimum absolute atomic E-state index is 0.00566. The van der Waals surface area contributed by atoms with Crippen molar-refractivity contribution >= 4 is 0 Å². The highest BCUT2D eigenvalue weighted by molar-refractivity contribution is 5.30. The number of halogens is 1. The lowest BCUT2D eigenvalue weighted by atomic mass is 10.2. The summed E-state index contributed by atoms with van der Waals surface area (Å²) in [6.07, 6.45) is 4.26. The summed E-state index contributed by atoms with van der Waals surface area (Å²) in [6, 6.07) is 7.48. The highest BCUT2D eigenvalue weighted by Gasteiger charge is 2.31. The van der Waals surface area contributed by atoms with E-state index in [0.29, 0.717) is 31.1 Å². The molecule has 0 unspecified atom stereocenters. The molecule has 2 atom stereocenters.